The normalized spacial score (nSPS) is 17.5. The molecule has 0 amide bonds. The lowest BCUT2D eigenvalue weighted by Crippen LogP contribution is -2.40. The molecule has 0 aromatic heterocycles. The Morgan fingerprint density at radius 1 is 1.31 bits per heavy atom. The van der Waals surface area contributed by atoms with Crippen molar-refractivity contribution in [1.29, 1.82) is 0 Å². The van der Waals surface area contributed by atoms with Gasteiger partial charge in [-0.15, -0.1) is 0 Å². The maximum absolute atomic E-state index is 6.08. The molecule has 0 spiro atoms. The molecule has 2 nitrogen and oxygen atoms in total. The van der Waals surface area contributed by atoms with Crippen LogP contribution in [0.5, 0.6) is 0 Å². The molecule has 0 unspecified atom stereocenters. The van der Waals surface area contributed by atoms with Crippen molar-refractivity contribution >= 4 is 17.3 Å². The van der Waals surface area contributed by atoms with Crippen molar-refractivity contribution in [3.05, 3.63) is 35.8 Å². The van der Waals surface area contributed by atoms with E-state index in [0.29, 0.717) is 0 Å². The second kappa shape index (κ2) is 3.99. The van der Waals surface area contributed by atoms with E-state index in [4.69, 9.17) is 11.6 Å². The Morgan fingerprint density at radius 3 is 2.85 bits per heavy atom. The monoisotopic (exact) mass is 195 g/mol. The first-order valence-electron chi connectivity index (χ1n) is 4.43. The van der Waals surface area contributed by atoms with E-state index in [9.17, 15) is 0 Å². The maximum atomic E-state index is 6.08. The van der Waals surface area contributed by atoms with Crippen molar-refractivity contribution in [3.63, 3.8) is 0 Å². The molecule has 69 valence electrons. The quantitative estimate of drug-likeness (QED) is 0.737. The number of para-hydroxylation sites is 1. The minimum absolute atomic E-state index is 0.820. The molecule has 1 aliphatic heterocycles. The summed E-state index contributed by atoms with van der Waals surface area (Å²) >= 11 is 6.08. The van der Waals surface area contributed by atoms with E-state index in [-0.39, 0.29) is 0 Å². The number of hydrogen-bond acceptors (Lipinski definition) is 2. The smallest absolute Gasteiger partial charge is 0.0639 e. The number of halogens is 1. The third kappa shape index (κ3) is 1.95. The Kier molecular flexibility index (Phi) is 2.71. The number of nitrogens with one attached hydrogen (secondary N) is 1. The second-order valence-corrected chi connectivity index (χ2v) is 3.44. The highest BCUT2D eigenvalue weighted by Crippen LogP contribution is 2.25. The molecule has 3 heteroatoms. The summed E-state index contributed by atoms with van der Waals surface area (Å²) in [5.74, 6) is 0. The Labute approximate surface area is 83.5 Å². The van der Waals surface area contributed by atoms with Gasteiger partial charge in [0.15, 0.2) is 0 Å². The van der Waals surface area contributed by atoms with Crippen molar-refractivity contribution in [1.82, 2.24) is 5.32 Å². The molecule has 2 rings (SSSR count). The molecule has 1 fully saturated rings. The molecule has 1 heterocycles. The van der Waals surface area contributed by atoms with E-state index in [1.165, 1.54) is 0 Å². The predicted octanol–water partition coefficient (Wildman–Crippen LogP) is 1.91. The van der Waals surface area contributed by atoms with Gasteiger partial charge in [-0.2, -0.15) is 0 Å². The third-order valence-corrected chi connectivity index (χ3v) is 2.47. The van der Waals surface area contributed by atoms with Gasteiger partial charge in [0, 0.05) is 19.6 Å². The van der Waals surface area contributed by atoms with E-state index in [0.717, 1.165) is 30.3 Å². The van der Waals surface area contributed by atoms with Crippen molar-refractivity contribution < 1.29 is 0 Å². The Morgan fingerprint density at radius 2 is 2.15 bits per heavy atom. The van der Waals surface area contributed by atoms with Crippen molar-refractivity contribution in [3.8, 4) is 0 Å². The summed E-state index contributed by atoms with van der Waals surface area (Å²) < 4.78 is 0. The number of nitrogens with zero attached hydrogens (tertiary/aromatic N) is 1. The van der Waals surface area contributed by atoms with Crippen LogP contribution in [-0.4, -0.2) is 19.6 Å². The topological polar surface area (TPSA) is 15.3 Å². The fourth-order valence-electron chi connectivity index (χ4n) is 1.47. The van der Waals surface area contributed by atoms with Gasteiger partial charge in [0.1, 0.15) is 0 Å². The summed E-state index contributed by atoms with van der Waals surface area (Å²) in [5.41, 5.74) is 1.10. The molecular formula is C10H12ClN2. The van der Waals surface area contributed by atoms with Crippen molar-refractivity contribution in [2.45, 2.75) is 0 Å². The van der Waals surface area contributed by atoms with E-state index >= 15 is 0 Å². The number of rotatable bonds is 1. The molecule has 1 aromatic rings. The molecular weight excluding hydrogens is 184 g/mol. The van der Waals surface area contributed by atoms with Crippen LogP contribution in [0, 0.1) is 6.54 Å². The van der Waals surface area contributed by atoms with Crippen LogP contribution in [0.4, 0.5) is 5.69 Å². The Balaban J connectivity index is 2.18. The van der Waals surface area contributed by atoms with E-state index in [1.807, 2.05) is 24.3 Å². The first-order chi connectivity index (χ1) is 6.38. The molecule has 0 saturated carbocycles. The van der Waals surface area contributed by atoms with E-state index < -0.39 is 0 Å². The van der Waals surface area contributed by atoms with Crippen LogP contribution < -0.4 is 10.2 Å². The lowest BCUT2D eigenvalue weighted by atomic mass is 10.2. The molecule has 1 radical (unpaired) electrons. The summed E-state index contributed by atoms with van der Waals surface area (Å²) in [6, 6.07) is 7.93. The number of anilines is 1. The zero-order chi connectivity index (χ0) is 9.10. The molecule has 13 heavy (non-hydrogen) atoms. The van der Waals surface area contributed by atoms with Gasteiger partial charge in [0.2, 0.25) is 0 Å². The Hall–Kier alpha value is -0.730. The van der Waals surface area contributed by atoms with Gasteiger partial charge < -0.3 is 10.2 Å². The molecule has 1 aromatic carbocycles. The van der Waals surface area contributed by atoms with Gasteiger partial charge in [0.25, 0.3) is 0 Å². The number of piperazine rings is 1. The maximum Gasteiger partial charge on any atom is 0.0639 e. The average molecular weight is 196 g/mol. The Bertz CT molecular complexity index is 282. The van der Waals surface area contributed by atoms with Gasteiger partial charge >= 0.3 is 0 Å². The summed E-state index contributed by atoms with van der Waals surface area (Å²) in [6.45, 7) is 5.06. The molecule has 1 N–H and O–H groups in total. The minimum atomic E-state index is 0.820. The van der Waals surface area contributed by atoms with Crippen LogP contribution in [0.25, 0.3) is 0 Å². The van der Waals surface area contributed by atoms with Crippen LogP contribution in [0.15, 0.2) is 24.3 Å². The van der Waals surface area contributed by atoms with Gasteiger partial charge in [-0.05, 0) is 12.1 Å². The standard InChI is InChI=1S/C10H12ClN2/c11-9-3-1-2-4-10(9)13-7-5-12-6-8-13/h1-4,7,12H,5-6,8H2. The fourth-order valence-corrected chi connectivity index (χ4v) is 1.72. The summed E-state index contributed by atoms with van der Waals surface area (Å²) in [6.07, 6.45) is 0. The second-order valence-electron chi connectivity index (χ2n) is 3.03. The largest absolute Gasteiger partial charge is 0.363 e. The van der Waals surface area contributed by atoms with Crippen LogP contribution in [0.2, 0.25) is 5.02 Å². The summed E-state index contributed by atoms with van der Waals surface area (Å²) in [4.78, 5) is 2.19. The number of hydrogen-bond donors (Lipinski definition) is 1. The van der Waals surface area contributed by atoms with Gasteiger partial charge in [-0.3, -0.25) is 0 Å². The fraction of sp³-hybridized carbons (Fsp3) is 0.300. The van der Waals surface area contributed by atoms with Crippen molar-refractivity contribution in [2.75, 3.05) is 24.5 Å². The van der Waals surface area contributed by atoms with Crippen LogP contribution in [0.1, 0.15) is 0 Å². The summed E-state index contributed by atoms with van der Waals surface area (Å²) in [7, 11) is 0. The number of benzene rings is 1. The highest BCUT2D eigenvalue weighted by atomic mass is 35.5. The SMILES string of the molecule is Clc1ccccc1N1[CH]CNCC1. The molecule has 0 aliphatic carbocycles. The molecule has 1 aliphatic rings. The predicted molar refractivity (Wildman–Crippen MR) is 56.0 cm³/mol. The van der Waals surface area contributed by atoms with Crippen LogP contribution in [0.3, 0.4) is 0 Å². The average Bonchev–Trinajstić information content (AvgIpc) is 2.20. The van der Waals surface area contributed by atoms with Crippen LogP contribution >= 0.6 is 11.6 Å². The lowest BCUT2D eigenvalue weighted by Gasteiger charge is -2.29. The first kappa shape index (κ1) is 8.85. The van der Waals surface area contributed by atoms with Crippen LogP contribution in [-0.2, 0) is 0 Å². The van der Waals surface area contributed by atoms with Crippen molar-refractivity contribution in [2.24, 2.45) is 0 Å². The molecule has 0 atom stereocenters. The zero-order valence-corrected chi connectivity index (χ0v) is 8.09. The van der Waals surface area contributed by atoms with Gasteiger partial charge in [-0.1, -0.05) is 23.7 Å². The van der Waals surface area contributed by atoms with E-state index in [1.54, 1.807) is 0 Å². The minimum Gasteiger partial charge on any atom is -0.363 e. The lowest BCUT2D eigenvalue weighted by molar-refractivity contribution is 0.640. The molecule has 1 saturated heterocycles. The van der Waals surface area contributed by atoms with E-state index in [2.05, 4.69) is 16.8 Å². The highest BCUT2D eigenvalue weighted by Gasteiger charge is 2.12. The zero-order valence-electron chi connectivity index (χ0n) is 7.33. The summed E-state index contributed by atoms with van der Waals surface area (Å²) in [5, 5.41) is 4.08. The van der Waals surface area contributed by atoms with Gasteiger partial charge in [-0.25, -0.2) is 0 Å². The third-order valence-electron chi connectivity index (χ3n) is 2.15. The first-order valence-corrected chi connectivity index (χ1v) is 4.81. The highest BCUT2D eigenvalue weighted by molar-refractivity contribution is 6.33. The molecule has 0 bridgehead atoms. The van der Waals surface area contributed by atoms with Gasteiger partial charge in [0.05, 0.1) is 17.3 Å².